The minimum Gasteiger partial charge on any atom is -0.438 e. The van der Waals surface area contributed by atoms with Gasteiger partial charge in [-0.1, -0.05) is 6.07 Å². The van der Waals surface area contributed by atoms with Gasteiger partial charge in [0.05, 0.1) is 12.0 Å². The van der Waals surface area contributed by atoms with E-state index in [-0.39, 0.29) is 23.7 Å². The van der Waals surface area contributed by atoms with Crippen LogP contribution in [0.4, 0.5) is 10.5 Å². The lowest BCUT2D eigenvalue weighted by molar-refractivity contribution is -0.0484. The molecule has 182 valence electrons. The third-order valence-corrected chi connectivity index (χ3v) is 7.72. The lowest BCUT2D eigenvalue weighted by Crippen LogP contribution is -2.57. The van der Waals surface area contributed by atoms with E-state index in [9.17, 15) is 13.2 Å². The Labute approximate surface area is 198 Å². The summed E-state index contributed by atoms with van der Waals surface area (Å²) in [5, 5.41) is 7.67. The molecule has 1 aromatic carbocycles. The molecule has 2 aromatic rings. The molecule has 3 heterocycles. The van der Waals surface area contributed by atoms with Crippen LogP contribution in [0.3, 0.4) is 0 Å². The average Bonchev–Trinajstić information content (AvgIpc) is 2.84. The van der Waals surface area contributed by atoms with Crippen molar-refractivity contribution in [1.29, 1.82) is 5.41 Å². The predicted octanol–water partition coefficient (Wildman–Crippen LogP) is 1.39. The van der Waals surface area contributed by atoms with Crippen LogP contribution in [0.2, 0.25) is 0 Å². The van der Waals surface area contributed by atoms with Crippen LogP contribution < -0.4 is 15.4 Å². The second-order valence-corrected chi connectivity index (χ2v) is 10.0. The Hall–Kier alpha value is -3.38. The summed E-state index contributed by atoms with van der Waals surface area (Å²) in [6.45, 7) is 1.89. The highest BCUT2D eigenvalue weighted by Gasteiger charge is 2.42. The number of nitrogens with zero attached hydrogens (tertiary/aromatic N) is 3. The molecule has 0 spiro atoms. The third kappa shape index (κ3) is 5.07. The van der Waals surface area contributed by atoms with E-state index in [0.717, 1.165) is 16.8 Å². The molecule has 12 heteroatoms. The molecule has 0 bridgehead atoms. The van der Waals surface area contributed by atoms with E-state index in [1.54, 1.807) is 35.5 Å². The zero-order valence-corrected chi connectivity index (χ0v) is 19.7. The quantitative estimate of drug-likeness (QED) is 0.245. The van der Waals surface area contributed by atoms with E-state index in [1.165, 1.54) is 7.11 Å². The molecule has 1 saturated heterocycles. The topological polar surface area (TPSA) is 151 Å². The Morgan fingerprint density at radius 1 is 1.15 bits per heavy atom. The fourth-order valence-electron chi connectivity index (χ4n) is 4.32. The standard InChI is InChI=1S/C22H28N6O5S/c1-32-21(29)33-22(7-12-27(13-8-22)18-4-9-25-10-5-18)26-34(30,31)19-3-2-16-6-11-28(20(23)24)15-17(16)14-19/h2-5,9-10,14,26H,6-8,11-13,15H2,1H3,(H3,23,24). The van der Waals surface area contributed by atoms with Crippen LogP contribution in [-0.2, 0) is 32.5 Å². The maximum absolute atomic E-state index is 13.4. The van der Waals surface area contributed by atoms with Crippen LogP contribution >= 0.6 is 0 Å². The average molecular weight is 489 g/mol. The molecule has 1 fully saturated rings. The predicted molar refractivity (Wildman–Crippen MR) is 125 cm³/mol. The second kappa shape index (κ2) is 9.47. The van der Waals surface area contributed by atoms with Crippen molar-refractivity contribution in [3.05, 3.63) is 53.9 Å². The van der Waals surface area contributed by atoms with Crippen LogP contribution in [0.5, 0.6) is 0 Å². The van der Waals surface area contributed by atoms with Gasteiger partial charge in [0, 0.05) is 57.1 Å². The fourth-order valence-corrected chi connectivity index (χ4v) is 5.72. The second-order valence-electron chi connectivity index (χ2n) is 8.34. The highest BCUT2D eigenvalue weighted by atomic mass is 32.2. The molecule has 1 aromatic heterocycles. The molecule has 0 aliphatic carbocycles. The van der Waals surface area contributed by atoms with Crippen molar-refractivity contribution in [2.75, 3.05) is 31.6 Å². The van der Waals surface area contributed by atoms with Gasteiger partial charge in [-0.25, -0.2) is 13.2 Å². The lowest BCUT2D eigenvalue weighted by atomic mass is 10.0. The largest absolute Gasteiger partial charge is 0.509 e. The van der Waals surface area contributed by atoms with Gasteiger partial charge in [0.15, 0.2) is 11.7 Å². The van der Waals surface area contributed by atoms with Gasteiger partial charge in [-0.3, -0.25) is 10.4 Å². The van der Waals surface area contributed by atoms with Crippen LogP contribution in [0, 0.1) is 5.41 Å². The lowest BCUT2D eigenvalue weighted by Gasteiger charge is -2.41. The number of methoxy groups -OCH3 is 1. The van der Waals surface area contributed by atoms with Crippen LogP contribution in [-0.4, -0.2) is 62.9 Å². The number of ether oxygens (including phenoxy) is 2. The summed E-state index contributed by atoms with van der Waals surface area (Å²) in [6.07, 6.45) is 3.55. The number of guanidine groups is 1. The number of hydrogen-bond donors (Lipinski definition) is 3. The SMILES string of the molecule is COC(=O)OC1(NS(=O)(=O)c2ccc3c(c2)CN(C(=N)N)CC3)CCN(c2ccncc2)CC1. The smallest absolute Gasteiger partial charge is 0.438 e. The van der Waals surface area contributed by atoms with Gasteiger partial charge < -0.3 is 25.0 Å². The highest BCUT2D eigenvalue weighted by molar-refractivity contribution is 7.89. The Morgan fingerprint density at radius 2 is 1.85 bits per heavy atom. The van der Waals surface area contributed by atoms with Crippen LogP contribution in [0.1, 0.15) is 24.0 Å². The summed E-state index contributed by atoms with van der Waals surface area (Å²) in [6, 6.07) is 8.65. The van der Waals surface area contributed by atoms with Crippen LogP contribution in [0.25, 0.3) is 0 Å². The maximum Gasteiger partial charge on any atom is 0.509 e. The molecule has 34 heavy (non-hydrogen) atoms. The monoisotopic (exact) mass is 488 g/mol. The van der Waals surface area contributed by atoms with Crippen molar-refractivity contribution in [2.24, 2.45) is 5.73 Å². The van der Waals surface area contributed by atoms with Gasteiger partial charge in [-0.2, -0.15) is 4.72 Å². The van der Waals surface area contributed by atoms with Gasteiger partial charge in [0.2, 0.25) is 10.0 Å². The van der Waals surface area contributed by atoms with E-state index < -0.39 is 21.9 Å². The van der Waals surface area contributed by atoms with Gasteiger partial charge >= 0.3 is 6.16 Å². The first-order chi connectivity index (χ1) is 16.2. The van der Waals surface area contributed by atoms with E-state index in [1.807, 2.05) is 12.1 Å². The zero-order valence-electron chi connectivity index (χ0n) is 18.9. The summed E-state index contributed by atoms with van der Waals surface area (Å²) >= 11 is 0. The maximum atomic E-state index is 13.4. The molecular formula is C22H28N6O5S. The number of piperidine rings is 1. The van der Waals surface area contributed by atoms with Crippen molar-refractivity contribution < 1.29 is 22.7 Å². The number of anilines is 1. The molecular weight excluding hydrogens is 460 g/mol. The number of fused-ring (bicyclic) bond motifs is 1. The number of pyridine rings is 1. The number of carbonyl (C=O) groups excluding carboxylic acids is 1. The van der Waals surface area contributed by atoms with Crippen molar-refractivity contribution in [2.45, 2.75) is 36.4 Å². The van der Waals surface area contributed by atoms with Gasteiger partial charge in [-0.15, -0.1) is 0 Å². The molecule has 0 atom stereocenters. The first kappa shape index (κ1) is 23.8. The van der Waals surface area contributed by atoms with E-state index in [0.29, 0.717) is 32.6 Å². The zero-order chi connectivity index (χ0) is 24.3. The molecule has 0 unspecified atom stereocenters. The fraction of sp³-hybridized carbons (Fsp3) is 0.409. The first-order valence-electron chi connectivity index (χ1n) is 10.9. The first-order valence-corrected chi connectivity index (χ1v) is 12.4. The molecule has 0 radical (unpaired) electrons. The highest BCUT2D eigenvalue weighted by Crippen LogP contribution is 2.30. The van der Waals surface area contributed by atoms with Gasteiger partial charge in [0.25, 0.3) is 0 Å². The Kier molecular flexibility index (Phi) is 6.62. The normalized spacial score (nSPS) is 17.6. The minimum atomic E-state index is -4.04. The summed E-state index contributed by atoms with van der Waals surface area (Å²) in [4.78, 5) is 19.8. The number of carbonyl (C=O) groups is 1. The molecule has 0 saturated carbocycles. The van der Waals surface area contributed by atoms with Gasteiger partial charge in [0.1, 0.15) is 0 Å². The number of benzene rings is 1. The van der Waals surface area contributed by atoms with Gasteiger partial charge in [-0.05, 0) is 41.8 Å². The summed E-state index contributed by atoms with van der Waals surface area (Å²) < 4.78 is 39.5. The van der Waals surface area contributed by atoms with Crippen LogP contribution in [0.15, 0.2) is 47.6 Å². The van der Waals surface area contributed by atoms with E-state index in [4.69, 9.17) is 15.9 Å². The van der Waals surface area contributed by atoms with E-state index in [2.05, 4.69) is 19.3 Å². The summed E-state index contributed by atoms with van der Waals surface area (Å²) in [7, 11) is -2.86. The summed E-state index contributed by atoms with van der Waals surface area (Å²) in [5.41, 5.74) is 6.93. The molecule has 2 aliphatic heterocycles. The van der Waals surface area contributed by atoms with Crippen molar-refractivity contribution in [3.63, 3.8) is 0 Å². The molecule has 0 amide bonds. The number of nitrogens with two attached hydrogens (primary N) is 1. The Balaban J connectivity index is 1.56. The number of hydrogen-bond acceptors (Lipinski definition) is 8. The van der Waals surface area contributed by atoms with E-state index >= 15 is 0 Å². The van der Waals surface area contributed by atoms with Crippen molar-refractivity contribution >= 4 is 27.8 Å². The Bertz CT molecular complexity index is 1170. The minimum absolute atomic E-state index is 0.0524. The molecule has 4 N–H and O–H groups in total. The number of rotatable bonds is 5. The number of sulfonamides is 1. The third-order valence-electron chi connectivity index (χ3n) is 6.21. The molecule has 4 rings (SSSR count). The summed E-state index contributed by atoms with van der Waals surface area (Å²) in [5.74, 6) is -0.0524. The van der Waals surface area contributed by atoms with Crippen molar-refractivity contribution in [3.8, 4) is 0 Å². The molecule has 11 nitrogen and oxygen atoms in total. The molecule has 2 aliphatic rings. The number of aromatic nitrogens is 1. The van der Waals surface area contributed by atoms with Crippen molar-refractivity contribution in [1.82, 2.24) is 14.6 Å². The number of nitrogens with one attached hydrogen (secondary N) is 2. The Morgan fingerprint density at radius 3 is 2.50 bits per heavy atom.